The van der Waals surface area contributed by atoms with Crippen molar-refractivity contribution in [1.82, 2.24) is 5.16 Å². The number of aromatic nitrogens is 1. The first-order valence-corrected chi connectivity index (χ1v) is 6.12. The smallest absolute Gasteiger partial charge is 0.315 e. The zero-order valence-electron chi connectivity index (χ0n) is 11.5. The zero-order valence-corrected chi connectivity index (χ0v) is 11.5. The lowest BCUT2D eigenvalue weighted by Gasteiger charge is -2.05. The molecule has 0 aliphatic rings. The predicted molar refractivity (Wildman–Crippen MR) is 74.9 cm³/mol. The van der Waals surface area contributed by atoms with Gasteiger partial charge in [-0.15, -0.1) is 0 Å². The highest BCUT2D eigenvalue weighted by atomic mass is 16.5. The van der Waals surface area contributed by atoms with Crippen LogP contribution in [0.25, 0.3) is 0 Å². The van der Waals surface area contributed by atoms with Crippen LogP contribution in [0.5, 0.6) is 0 Å². The number of nitrogens with one attached hydrogen (secondary N) is 2. The van der Waals surface area contributed by atoms with E-state index < -0.39 is 11.8 Å². The summed E-state index contributed by atoms with van der Waals surface area (Å²) in [6.45, 7) is 3.08. The number of nitrogens with zero attached hydrogens (tertiary/aromatic N) is 1. The lowest BCUT2D eigenvalue weighted by atomic mass is 10.1. The van der Waals surface area contributed by atoms with Crippen LogP contribution in [-0.4, -0.2) is 22.8 Å². The summed E-state index contributed by atoms with van der Waals surface area (Å²) >= 11 is 0. The molecule has 0 spiro atoms. The molecule has 1 aromatic carbocycles. The molecule has 0 fully saturated rings. The Hall–Kier alpha value is -2.96. The lowest BCUT2D eigenvalue weighted by molar-refractivity contribution is -0.133. The van der Waals surface area contributed by atoms with E-state index in [-0.39, 0.29) is 11.6 Å². The van der Waals surface area contributed by atoms with E-state index in [9.17, 15) is 14.4 Å². The third-order valence-electron chi connectivity index (χ3n) is 2.60. The van der Waals surface area contributed by atoms with Crippen LogP contribution in [0.2, 0.25) is 0 Å². The van der Waals surface area contributed by atoms with E-state index in [0.29, 0.717) is 17.0 Å². The Kier molecular flexibility index (Phi) is 4.13. The van der Waals surface area contributed by atoms with Gasteiger partial charge >= 0.3 is 11.8 Å². The topological polar surface area (TPSA) is 101 Å². The molecule has 108 valence electrons. The standard InChI is InChI=1S/C14H13N3O4/c1-8-6-12(17-21-8)16-14(20)13(19)15-11-5-3-4-10(7-11)9(2)18/h3-7H,1-2H3,(H,15,19)(H,16,17,20). The molecular weight excluding hydrogens is 274 g/mol. The highest BCUT2D eigenvalue weighted by Gasteiger charge is 2.16. The summed E-state index contributed by atoms with van der Waals surface area (Å²) in [5, 5.41) is 8.25. The molecule has 0 saturated carbocycles. The predicted octanol–water partition coefficient (Wildman–Crippen LogP) is 1.76. The van der Waals surface area contributed by atoms with E-state index >= 15 is 0 Å². The summed E-state index contributed by atoms with van der Waals surface area (Å²) in [7, 11) is 0. The molecule has 1 aromatic heterocycles. The van der Waals surface area contributed by atoms with Gasteiger partial charge in [-0.1, -0.05) is 17.3 Å². The summed E-state index contributed by atoms with van der Waals surface area (Å²) in [6, 6.07) is 7.80. The molecule has 0 unspecified atom stereocenters. The minimum Gasteiger partial charge on any atom is -0.360 e. The second-order valence-corrected chi connectivity index (χ2v) is 4.37. The van der Waals surface area contributed by atoms with Crippen molar-refractivity contribution in [2.24, 2.45) is 0 Å². The Morgan fingerprint density at radius 1 is 1.10 bits per heavy atom. The van der Waals surface area contributed by atoms with Crippen molar-refractivity contribution in [2.75, 3.05) is 10.6 Å². The number of ketones is 1. The quantitative estimate of drug-likeness (QED) is 0.661. The number of aryl methyl sites for hydroxylation is 1. The first-order valence-electron chi connectivity index (χ1n) is 6.12. The zero-order chi connectivity index (χ0) is 15.4. The Balaban J connectivity index is 2.02. The molecule has 2 N–H and O–H groups in total. The van der Waals surface area contributed by atoms with Crippen LogP contribution in [0.4, 0.5) is 11.5 Å². The normalized spacial score (nSPS) is 10.0. The van der Waals surface area contributed by atoms with Crippen molar-refractivity contribution in [3.63, 3.8) is 0 Å². The number of carbonyl (C=O) groups is 3. The Bertz CT molecular complexity index is 706. The summed E-state index contributed by atoms with van der Waals surface area (Å²) in [5.74, 6) is -1.20. The van der Waals surface area contributed by atoms with Gasteiger partial charge in [-0.25, -0.2) is 0 Å². The molecule has 2 amide bonds. The Morgan fingerprint density at radius 3 is 2.43 bits per heavy atom. The molecule has 0 atom stereocenters. The van der Waals surface area contributed by atoms with Crippen molar-refractivity contribution in [1.29, 1.82) is 0 Å². The van der Waals surface area contributed by atoms with Crippen molar-refractivity contribution < 1.29 is 18.9 Å². The van der Waals surface area contributed by atoms with Crippen LogP contribution in [-0.2, 0) is 9.59 Å². The monoisotopic (exact) mass is 287 g/mol. The first kappa shape index (κ1) is 14.4. The highest BCUT2D eigenvalue weighted by Crippen LogP contribution is 2.12. The molecule has 2 rings (SSSR count). The van der Waals surface area contributed by atoms with Gasteiger partial charge in [0.15, 0.2) is 11.6 Å². The largest absolute Gasteiger partial charge is 0.360 e. The Morgan fingerprint density at radius 2 is 1.81 bits per heavy atom. The third kappa shape index (κ3) is 3.75. The number of carbonyl (C=O) groups excluding carboxylic acids is 3. The van der Waals surface area contributed by atoms with Gasteiger partial charge in [0.05, 0.1) is 0 Å². The van der Waals surface area contributed by atoms with E-state index in [1.807, 2.05) is 0 Å². The summed E-state index contributed by atoms with van der Waals surface area (Å²) < 4.78 is 4.77. The van der Waals surface area contributed by atoms with Crippen molar-refractivity contribution >= 4 is 29.1 Å². The number of benzene rings is 1. The van der Waals surface area contributed by atoms with E-state index in [1.54, 1.807) is 25.1 Å². The van der Waals surface area contributed by atoms with Crippen LogP contribution in [0.15, 0.2) is 34.9 Å². The minimum atomic E-state index is -0.878. The van der Waals surface area contributed by atoms with E-state index in [4.69, 9.17) is 4.52 Å². The number of hydrogen-bond acceptors (Lipinski definition) is 5. The van der Waals surface area contributed by atoms with Crippen LogP contribution < -0.4 is 10.6 Å². The SMILES string of the molecule is CC(=O)c1cccc(NC(=O)C(=O)Nc2cc(C)on2)c1. The molecule has 0 aliphatic heterocycles. The molecule has 0 bridgehead atoms. The van der Waals surface area contributed by atoms with E-state index in [2.05, 4.69) is 15.8 Å². The Labute approximate surface area is 120 Å². The van der Waals surface area contributed by atoms with Crippen molar-refractivity contribution in [2.45, 2.75) is 13.8 Å². The number of hydrogen-bond donors (Lipinski definition) is 2. The fourth-order valence-electron chi connectivity index (χ4n) is 1.60. The van der Waals surface area contributed by atoms with Crippen molar-refractivity contribution in [3.05, 3.63) is 41.7 Å². The van der Waals surface area contributed by atoms with E-state index in [1.165, 1.54) is 19.1 Å². The maximum Gasteiger partial charge on any atom is 0.315 e. The lowest BCUT2D eigenvalue weighted by Crippen LogP contribution is -2.29. The molecular formula is C14H13N3O4. The van der Waals surface area contributed by atoms with E-state index in [0.717, 1.165) is 0 Å². The number of rotatable bonds is 3. The van der Waals surface area contributed by atoms with Crippen LogP contribution in [0.1, 0.15) is 23.0 Å². The van der Waals surface area contributed by atoms with Crippen LogP contribution in [0, 0.1) is 6.92 Å². The molecule has 21 heavy (non-hydrogen) atoms. The number of anilines is 2. The highest BCUT2D eigenvalue weighted by molar-refractivity contribution is 6.43. The van der Waals surface area contributed by atoms with Gasteiger partial charge in [0.2, 0.25) is 0 Å². The van der Waals surface area contributed by atoms with Gasteiger partial charge in [-0.2, -0.15) is 0 Å². The average molecular weight is 287 g/mol. The molecule has 2 aromatic rings. The van der Waals surface area contributed by atoms with Gasteiger partial charge in [0.25, 0.3) is 0 Å². The number of amides is 2. The summed E-state index contributed by atoms with van der Waals surface area (Å²) in [4.78, 5) is 34.7. The fraction of sp³-hybridized carbons (Fsp3) is 0.143. The first-order chi connectivity index (χ1) is 9.95. The second-order valence-electron chi connectivity index (χ2n) is 4.37. The van der Waals surface area contributed by atoms with Crippen LogP contribution in [0.3, 0.4) is 0 Å². The molecule has 7 heteroatoms. The molecule has 0 radical (unpaired) electrons. The molecule has 0 aliphatic carbocycles. The third-order valence-corrected chi connectivity index (χ3v) is 2.60. The van der Waals surface area contributed by atoms with Gasteiger partial charge < -0.3 is 9.84 Å². The minimum absolute atomic E-state index is 0.131. The molecule has 1 heterocycles. The molecule has 7 nitrogen and oxygen atoms in total. The van der Waals surface area contributed by atoms with Crippen LogP contribution >= 0.6 is 0 Å². The second kappa shape index (κ2) is 6.00. The average Bonchev–Trinajstić information content (AvgIpc) is 2.84. The van der Waals surface area contributed by atoms with Crippen molar-refractivity contribution in [3.8, 4) is 0 Å². The van der Waals surface area contributed by atoms with Gasteiger partial charge in [0, 0.05) is 17.3 Å². The van der Waals surface area contributed by atoms with Gasteiger partial charge in [-0.3, -0.25) is 19.7 Å². The number of Topliss-reactive ketones (excluding diaryl/α,β-unsaturated/α-hetero) is 1. The van der Waals surface area contributed by atoms with Gasteiger partial charge in [0.1, 0.15) is 5.76 Å². The fourth-order valence-corrected chi connectivity index (χ4v) is 1.60. The van der Waals surface area contributed by atoms with Gasteiger partial charge in [-0.05, 0) is 26.0 Å². The molecule has 0 saturated heterocycles. The summed E-state index contributed by atoms with van der Waals surface area (Å²) in [5.41, 5.74) is 0.805. The maximum absolute atomic E-state index is 11.7. The summed E-state index contributed by atoms with van der Waals surface area (Å²) in [6.07, 6.45) is 0. The maximum atomic E-state index is 11.7.